The van der Waals surface area contributed by atoms with E-state index >= 15 is 0 Å². The molecule has 0 radical (unpaired) electrons. The average molecular weight is 250 g/mol. The second-order valence-corrected chi connectivity index (χ2v) is 5.13. The SMILES string of the molecule is CCC(C)(Nc1nc2ccccc2s1)C(=O)O. The molecule has 5 heteroatoms. The monoisotopic (exact) mass is 250 g/mol. The second kappa shape index (κ2) is 4.33. The van der Waals surface area contributed by atoms with E-state index in [-0.39, 0.29) is 0 Å². The first-order valence-electron chi connectivity index (χ1n) is 5.42. The molecule has 4 nitrogen and oxygen atoms in total. The van der Waals surface area contributed by atoms with Crippen molar-refractivity contribution in [1.82, 2.24) is 4.98 Å². The summed E-state index contributed by atoms with van der Waals surface area (Å²) in [5.41, 5.74) is -0.0720. The molecule has 0 bridgehead atoms. The molecule has 0 saturated heterocycles. The highest BCUT2D eigenvalue weighted by Gasteiger charge is 2.31. The lowest BCUT2D eigenvalue weighted by Crippen LogP contribution is -2.42. The molecule has 2 N–H and O–H groups in total. The maximum atomic E-state index is 11.2. The minimum absolute atomic E-state index is 0.498. The number of rotatable bonds is 4. The van der Waals surface area contributed by atoms with Crippen molar-refractivity contribution in [2.75, 3.05) is 5.32 Å². The Morgan fingerprint density at radius 3 is 2.82 bits per heavy atom. The van der Waals surface area contributed by atoms with E-state index in [1.54, 1.807) is 6.92 Å². The molecule has 1 aromatic carbocycles. The first-order chi connectivity index (χ1) is 8.05. The number of carbonyl (C=O) groups is 1. The lowest BCUT2D eigenvalue weighted by molar-refractivity contribution is -0.141. The van der Waals surface area contributed by atoms with Gasteiger partial charge in [-0.15, -0.1) is 0 Å². The molecule has 0 amide bonds. The fourth-order valence-corrected chi connectivity index (χ4v) is 2.45. The Labute approximate surface area is 103 Å². The molecule has 1 unspecified atom stereocenters. The van der Waals surface area contributed by atoms with Crippen molar-refractivity contribution in [3.63, 3.8) is 0 Å². The predicted octanol–water partition coefficient (Wildman–Crippen LogP) is 2.96. The van der Waals surface area contributed by atoms with E-state index < -0.39 is 11.5 Å². The molecule has 17 heavy (non-hydrogen) atoms. The Hall–Kier alpha value is -1.62. The van der Waals surface area contributed by atoms with Gasteiger partial charge >= 0.3 is 5.97 Å². The van der Waals surface area contributed by atoms with Gasteiger partial charge in [-0.05, 0) is 25.5 Å². The number of thiazole rings is 1. The van der Waals surface area contributed by atoms with E-state index in [0.29, 0.717) is 11.6 Å². The summed E-state index contributed by atoms with van der Waals surface area (Å²) in [4.78, 5) is 15.6. The third-order valence-corrected chi connectivity index (χ3v) is 3.81. The first kappa shape index (κ1) is 11.9. The number of nitrogens with zero attached hydrogens (tertiary/aromatic N) is 1. The van der Waals surface area contributed by atoms with Gasteiger partial charge in [0, 0.05) is 0 Å². The number of para-hydroxylation sites is 1. The molecule has 0 fully saturated rings. The van der Waals surface area contributed by atoms with Crippen LogP contribution in [0.25, 0.3) is 10.2 Å². The molecule has 0 spiro atoms. The third-order valence-electron chi connectivity index (χ3n) is 2.86. The second-order valence-electron chi connectivity index (χ2n) is 4.10. The van der Waals surface area contributed by atoms with Gasteiger partial charge in [0.15, 0.2) is 5.13 Å². The van der Waals surface area contributed by atoms with Crippen LogP contribution >= 0.6 is 11.3 Å². The van der Waals surface area contributed by atoms with Crippen molar-refractivity contribution < 1.29 is 9.90 Å². The standard InChI is InChI=1S/C12H14N2O2S/c1-3-12(2,10(15)16)14-11-13-8-6-4-5-7-9(8)17-11/h4-7H,3H2,1-2H3,(H,13,14)(H,15,16). The van der Waals surface area contributed by atoms with Crippen LogP contribution in [0.5, 0.6) is 0 Å². The van der Waals surface area contributed by atoms with Crippen LogP contribution in [-0.4, -0.2) is 21.6 Å². The Morgan fingerprint density at radius 1 is 1.53 bits per heavy atom. The fourth-order valence-electron chi connectivity index (χ4n) is 1.45. The zero-order chi connectivity index (χ0) is 12.5. The van der Waals surface area contributed by atoms with Gasteiger partial charge in [0.1, 0.15) is 5.54 Å². The quantitative estimate of drug-likeness (QED) is 0.875. The molecule has 1 aromatic heterocycles. The van der Waals surface area contributed by atoms with Crippen molar-refractivity contribution in [2.24, 2.45) is 0 Å². The van der Waals surface area contributed by atoms with Crippen molar-refractivity contribution >= 4 is 32.7 Å². The highest BCUT2D eigenvalue weighted by atomic mass is 32.1. The number of benzene rings is 1. The van der Waals surface area contributed by atoms with Gasteiger partial charge < -0.3 is 10.4 Å². The van der Waals surface area contributed by atoms with Crippen LogP contribution in [0, 0.1) is 0 Å². The smallest absolute Gasteiger partial charge is 0.329 e. The third kappa shape index (κ3) is 2.24. The van der Waals surface area contributed by atoms with Crippen LogP contribution < -0.4 is 5.32 Å². The summed E-state index contributed by atoms with van der Waals surface area (Å²) in [5.74, 6) is -0.862. The molecule has 1 heterocycles. The highest BCUT2D eigenvalue weighted by Crippen LogP contribution is 2.28. The minimum Gasteiger partial charge on any atom is -0.480 e. The number of fused-ring (bicyclic) bond motifs is 1. The molecule has 0 aliphatic carbocycles. The van der Waals surface area contributed by atoms with E-state index in [9.17, 15) is 9.90 Å². The summed E-state index contributed by atoms with van der Waals surface area (Å²) < 4.78 is 1.05. The Bertz CT molecular complexity index is 519. The number of aromatic nitrogens is 1. The van der Waals surface area contributed by atoms with Crippen molar-refractivity contribution in [2.45, 2.75) is 25.8 Å². The molecule has 90 valence electrons. The summed E-state index contributed by atoms with van der Waals surface area (Å²) in [6, 6.07) is 7.76. The zero-order valence-electron chi connectivity index (χ0n) is 9.73. The summed E-state index contributed by atoms with van der Waals surface area (Å²) in [6.07, 6.45) is 0.498. The normalized spacial score (nSPS) is 14.5. The predicted molar refractivity (Wildman–Crippen MR) is 69.6 cm³/mol. The Kier molecular flexibility index (Phi) is 3.02. The van der Waals surface area contributed by atoms with Gasteiger partial charge in [-0.1, -0.05) is 30.4 Å². The fraction of sp³-hybridized carbons (Fsp3) is 0.333. The lowest BCUT2D eigenvalue weighted by Gasteiger charge is -2.23. The highest BCUT2D eigenvalue weighted by molar-refractivity contribution is 7.22. The molecule has 0 aliphatic heterocycles. The van der Waals surface area contributed by atoms with Gasteiger partial charge in [0.25, 0.3) is 0 Å². The van der Waals surface area contributed by atoms with Crippen LogP contribution in [0.4, 0.5) is 5.13 Å². The van der Waals surface area contributed by atoms with Crippen molar-refractivity contribution in [3.05, 3.63) is 24.3 Å². The van der Waals surface area contributed by atoms with E-state index in [1.807, 2.05) is 31.2 Å². The zero-order valence-corrected chi connectivity index (χ0v) is 10.5. The van der Waals surface area contributed by atoms with Gasteiger partial charge in [0.2, 0.25) is 0 Å². The largest absolute Gasteiger partial charge is 0.480 e. The van der Waals surface area contributed by atoms with Gasteiger partial charge in [-0.3, -0.25) is 0 Å². The number of aliphatic carboxylic acids is 1. The maximum absolute atomic E-state index is 11.2. The topological polar surface area (TPSA) is 62.2 Å². The molecular weight excluding hydrogens is 236 g/mol. The van der Waals surface area contributed by atoms with Crippen molar-refractivity contribution in [3.8, 4) is 0 Å². The minimum atomic E-state index is -0.964. The maximum Gasteiger partial charge on any atom is 0.329 e. The number of hydrogen-bond donors (Lipinski definition) is 2. The van der Waals surface area contributed by atoms with E-state index in [0.717, 1.165) is 10.2 Å². The molecule has 0 saturated carbocycles. The van der Waals surface area contributed by atoms with E-state index in [4.69, 9.17) is 0 Å². The summed E-state index contributed by atoms with van der Waals surface area (Å²) in [6.45, 7) is 3.51. The number of carboxylic acids is 1. The van der Waals surface area contributed by atoms with Crippen LogP contribution in [0.2, 0.25) is 0 Å². The van der Waals surface area contributed by atoms with E-state index in [1.165, 1.54) is 11.3 Å². The van der Waals surface area contributed by atoms with Crippen LogP contribution in [0.1, 0.15) is 20.3 Å². The van der Waals surface area contributed by atoms with E-state index in [2.05, 4.69) is 10.3 Å². The molecule has 1 atom stereocenters. The van der Waals surface area contributed by atoms with Crippen LogP contribution in [0.3, 0.4) is 0 Å². The molecule has 0 aliphatic rings. The van der Waals surface area contributed by atoms with Crippen molar-refractivity contribution in [1.29, 1.82) is 0 Å². The van der Waals surface area contributed by atoms with Crippen LogP contribution in [-0.2, 0) is 4.79 Å². The molecule has 2 rings (SSSR count). The number of hydrogen-bond acceptors (Lipinski definition) is 4. The molecule has 2 aromatic rings. The number of carboxylic acid groups (broad SMARTS) is 1. The lowest BCUT2D eigenvalue weighted by atomic mass is 10.00. The average Bonchev–Trinajstić information content (AvgIpc) is 2.70. The summed E-state index contributed by atoms with van der Waals surface area (Å²) in [7, 11) is 0. The summed E-state index contributed by atoms with van der Waals surface area (Å²) in [5, 5.41) is 12.8. The van der Waals surface area contributed by atoms with Crippen LogP contribution in [0.15, 0.2) is 24.3 Å². The first-order valence-corrected chi connectivity index (χ1v) is 6.24. The van der Waals surface area contributed by atoms with Gasteiger partial charge in [-0.2, -0.15) is 0 Å². The Balaban J connectivity index is 2.32. The summed E-state index contributed by atoms with van der Waals surface area (Å²) >= 11 is 1.47. The number of anilines is 1. The number of nitrogens with one attached hydrogen (secondary N) is 1. The molecular formula is C12H14N2O2S. The van der Waals surface area contributed by atoms with Gasteiger partial charge in [0.05, 0.1) is 10.2 Å². The Morgan fingerprint density at radius 2 is 2.24 bits per heavy atom. The van der Waals surface area contributed by atoms with Gasteiger partial charge in [-0.25, -0.2) is 9.78 Å².